The highest BCUT2D eigenvalue weighted by Crippen LogP contribution is 2.28. The lowest BCUT2D eigenvalue weighted by Crippen LogP contribution is -2.04. The van der Waals surface area contributed by atoms with E-state index in [1.807, 2.05) is 26.0 Å². The summed E-state index contributed by atoms with van der Waals surface area (Å²) in [7, 11) is 3.42. The SMILES string of the molecule is C/C=C(\C=C(C)C)C(OC)c1cccc(Br)c1.C=C(C)C=NC=NC. The van der Waals surface area contributed by atoms with E-state index in [0.717, 1.165) is 15.6 Å². The number of hydrogen-bond acceptors (Lipinski definition) is 2. The molecule has 1 unspecified atom stereocenters. The molecule has 1 atom stereocenters. The van der Waals surface area contributed by atoms with E-state index in [4.69, 9.17) is 4.74 Å². The Morgan fingerprint density at radius 3 is 2.40 bits per heavy atom. The molecule has 4 heteroatoms. The first kappa shape index (κ1) is 23.2. The Balaban J connectivity index is 0.000000609. The lowest BCUT2D eigenvalue weighted by molar-refractivity contribution is 0.135. The van der Waals surface area contributed by atoms with E-state index >= 15 is 0 Å². The Bertz CT molecular complexity index is 654. The number of hydrogen-bond donors (Lipinski definition) is 0. The second-order valence-electron chi connectivity index (χ2n) is 5.68. The summed E-state index contributed by atoms with van der Waals surface area (Å²) >= 11 is 3.49. The van der Waals surface area contributed by atoms with Crippen LogP contribution in [-0.4, -0.2) is 26.7 Å². The standard InChI is InChI=1S/C15H19BrO.C6H10N2/c1-5-12(9-11(2)3)15(17-4)13-7-6-8-14(16)10-13;1-6(2)4-8-5-7-3/h5-10,15H,1-4H3;4-5H,1H2,2-3H3/b12-5+;. The van der Waals surface area contributed by atoms with Gasteiger partial charge < -0.3 is 4.74 Å². The van der Waals surface area contributed by atoms with Crippen molar-refractivity contribution in [3.05, 3.63) is 69.8 Å². The number of methoxy groups -OCH3 is 1. The molecule has 0 aromatic heterocycles. The van der Waals surface area contributed by atoms with Crippen molar-refractivity contribution in [1.29, 1.82) is 0 Å². The molecular weight excluding hydrogens is 376 g/mol. The molecule has 25 heavy (non-hydrogen) atoms. The number of aliphatic imine (C=N–C) groups is 2. The van der Waals surface area contributed by atoms with Crippen LogP contribution in [0.1, 0.15) is 39.4 Å². The molecule has 1 aromatic carbocycles. The number of benzene rings is 1. The maximum Gasteiger partial charge on any atom is 0.109 e. The fourth-order valence-corrected chi connectivity index (χ4v) is 2.42. The molecule has 1 aromatic rings. The van der Waals surface area contributed by atoms with Crippen LogP contribution in [0.25, 0.3) is 0 Å². The fraction of sp³-hybridized carbons (Fsp3) is 0.333. The third-order valence-electron chi connectivity index (χ3n) is 2.96. The van der Waals surface area contributed by atoms with Gasteiger partial charge in [-0.3, -0.25) is 4.99 Å². The molecule has 0 aliphatic rings. The smallest absolute Gasteiger partial charge is 0.109 e. The molecule has 0 heterocycles. The lowest BCUT2D eigenvalue weighted by atomic mass is 9.99. The predicted octanol–water partition coefficient (Wildman–Crippen LogP) is 6.34. The topological polar surface area (TPSA) is 34.0 Å². The minimum Gasteiger partial charge on any atom is -0.372 e. The van der Waals surface area contributed by atoms with E-state index in [-0.39, 0.29) is 6.10 Å². The molecule has 0 fully saturated rings. The lowest BCUT2D eigenvalue weighted by Gasteiger charge is -2.18. The molecule has 0 aliphatic heterocycles. The van der Waals surface area contributed by atoms with Gasteiger partial charge in [0.2, 0.25) is 0 Å². The summed E-state index contributed by atoms with van der Waals surface area (Å²) in [6.07, 6.45) is 7.39. The van der Waals surface area contributed by atoms with Gasteiger partial charge in [0.05, 0.1) is 0 Å². The van der Waals surface area contributed by atoms with Gasteiger partial charge in [0.1, 0.15) is 12.4 Å². The second-order valence-corrected chi connectivity index (χ2v) is 6.59. The van der Waals surface area contributed by atoms with Crippen molar-refractivity contribution < 1.29 is 4.74 Å². The fourth-order valence-electron chi connectivity index (χ4n) is 2.01. The summed E-state index contributed by atoms with van der Waals surface area (Å²) in [6.45, 7) is 11.7. The maximum absolute atomic E-state index is 5.61. The van der Waals surface area contributed by atoms with Crippen molar-refractivity contribution in [2.45, 2.75) is 33.8 Å². The molecule has 0 amide bonds. The summed E-state index contributed by atoms with van der Waals surface area (Å²) in [5.74, 6) is 0. The highest BCUT2D eigenvalue weighted by molar-refractivity contribution is 9.10. The first-order valence-electron chi connectivity index (χ1n) is 8.04. The summed E-state index contributed by atoms with van der Waals surface area (Å²) in [4.78, 5) is 7.42. The van der Waals surface area contributed by atoms with E-state index in [1.54, 1.807) is 20.4 Å². The van der Waals surface area contributed by atoms with Crippen molar-refractivity contribution in [2.75, 3.05) is 14.2 Å². The van der Waals surface area contributed by atoms with Crippen LogP contribution in [0.3, 0.4) is 0 Å². The van der Waals surface area contributed by atoms with Gasteiger partial charge in [-0.25, -0.2) is 4.99 Å². The Labute approximate surface area is 161 Å². The summed E-state index contributed by atoms with van der Waals surface area (Å²) in [6, 6.07) is 8.23. The largest absolute Gasteiger partial charge is 0.372 e. The highest BCUT2D eigenvalue weighted by atomic mass is 79.9. The van der Waals surface area contributed by atoms with Crippen molar-refractivity contribution in [2.24, 2.45) is 9.98 Å². The Hall–Kier alpha value is -1.78. The predicted molar refractivity (Wildman–Crippen MR) is 115 cm³/mol. The second kappa shape index (κ2) is 13.5. The molecule has 0 aliphatic carbocycles. The van der Waals surface area contributed by atoms with Crippen LogP contribution in [0.4, 0.5) is 0 Å². The number of rotatable bonds is 6. The van der Waals surface area contributed by atoms with Crippen molar-refractivity contribution in [3.8, 4) is 0 Å². The first-order chi connectivity index (χ1) is 11.8. The van der Waals surface area contributed by atoms with E-state index < -0.39 is 0 Å². The average Bonchev–Trinajstić information content (AvgIpc) is 2.55. The summed E-state index contributed by atoms with van der Waals surface area (Å²) in [5.41, 5.74) is 4.55. The molecule has 1 rings (SSSR count). The van der Waals surface area contributed by atoms with Crippen LogP contribution in [0, 0.1) is 0 Å². The highest BCUT2D eigenvalue weighted by Gasteiger charge is 2.13. The number of allylic oxidation sites excluding steroid dienone is 3. The van der Waals surface area contributed by atoms with Crippen LogP contribution in [0.15, 0.2) is 74.2 Å². The van der Waals surface area contributed by atoms with Gasteiger partial charge in [0, 0.05) is 24.8 Å². The molecule has 136 valence electrons. The zero-order valence-electron chi connectivity index (χ0n) is 16.1. The van der Waals surface area contributed by atoms with Crippen molar-refractivity contribution >= 4 is 28.5 Å². The van der Waals surface area contributed by atoms with Crippen molar-refractivity contribution in [3.63, 3.8) is 0 Å². The summed E-state index contributed by atoms with van der Waals surface area (Å²) < 4.78 is 6.69. The van der Waals surface area contributed by atoms with Crippen LogP contribution < -0.4 is 0 Å². The van der Waals surface area contributed by atoms with E-state index in [0.29, 0.717) is 0 Å². The average molecular weight is 405 g/mol. The van der Waals surface area contributed by atoms with E-state index in [9.17, 15) is 0 Å². The number of halogens is 1. The van der Waals surface area contributed by atoms with Crippen molar-refractivity contribution in [1.82, 2.24) is 0 Å². The van der Waals surface area contributed by atoms with Crippen LogP contribution in [0.2, 0.25) is 0 Å². The van der Waals surface area contributed by atoms with Gasteiger partial charge in [-0.05, 0) is 56.5 Å². The molecule has 0 spiro atoms. The molecule has 0 bridgehead atoms. The molecule has 3 nitrogen and oxygen atoms in total. The minimum atomic E-state index is -0.00704. The zero-order valence-corrected chi connectivity index (χ0v) is 17.7. The molecule has 0 N–H and O–H groups in total. The van der Waals surface area contributed by atoms with Gasteiger partial charge in [0.25, 0.3) is 0 Å². The zero-order chi connectivity index (χ0) is 19.2. The number of nitrogens with zero attached hydrogens (tertiary/aromatic N) is 2. The van der Waals surface area contributed by atoms with Gasteiger partial charge in [-0.1, -0.05) is 52.4 Å². The van der Waals surface area contributed by atoms with Crippen LogP contribution >= 0.6 is 15.9 Å². The van der Waals surface area contributed by atoms with Crippen LogP contribution in [0.5, 0.6) is 0 Å². The summed E-state index contributed by atoms with van der Waals surface area (Å²) in [5, 5.41) is 0. The third kappa shape index (κ3) is 10.6. The Morgan fingerprint density at radius 2 is 1.96 bits per heavy atom. The van der Waals surface area contributed by atoms with Gasteiger partial charge in [0.15, 0.2) is 0 Å². The molecule has 0 saturated carbocycles. The van der Waals surface area contributed by atoms with Crippen LogP contribution in [-0.2, 0) is 4.74 Å². The van der Waals surface area contributed by atoms with E-state index in [1.165, 1.54) is 17.5 Å². The normalized spacial score (nSPS) is 12.7. The minimum absolute atomic E-state index is 0.00704. The van der Waals surface area contributed by atoms with Gasteiger partial charge in [-0.2, -0.15) is 0 Å². The number of ether oxygens (including phenoxy) is 1. The molecule has 0 radical (unpaired) electrons. The van der Waals surface area contributed by atoms with E-state index in [2.05, 4.69) is 70.6 Å². The third-order valence-corrected chi connectivity index (χ3v) is 3.45. The first-order valence-corrected chi connectivity index (χ1v) is 8.83. The Kier molecular flexibility index (Phi) is 12.5. The molecule has 0 saturated heterocycles. The Morgan fingerprint density at radius 1 is 1.28 bits per heavy atom. The quantitative estimate of drug-likeness (QED) is 0.309. The maximum atomic E-state index is 5.61. The molecular formula is C21H29BrN2O. The van der Waals surface area contributed by atoms with Gasteiger partial charge >= 0.3 is 0 Å². The van der Waals surface area contributed by atoms with Gasteiger partial charge in [-0.15, -0.1) is 0 Å². The monoisotopic (exact) mass is 404 g/mol.